The van der Waals surface area contributed by atoms with Crippen LogP contribution in [0.3, 0.4) is 0 Å². The molecule has 46 valence electrons. The molecule has 0 fully saturated rings. The van der Waals surface area contributed by atoms with Gasteiger partial charge in [-0.1, -0.05) is 6.92 Å². The smallest absolute Gasteiger partial charge is 0.138 e. The van der Waals surface area contributed by atoms with E-state index in [0.717, 1.165) is 12.0 Å². The molecule has 0 radical (unpaired) electrons. The Morgan fingerprint density at radius 2 is 2.56 bits per heavy atom. The van der Waals surface area contributed by atoms with E-state index in [1.54, 1.807) is 6.21 Å². The summed E-state index contributed by atoms with van der Waals surface area (Å²) in [5.74, 6) is 2.73. The molecule has 0 spiro atoms. The lowest BCUT2D eigenvalue weighted by atomic mass is 10.2. The van der Waals surface area contributed by atoms with E-state index in [-0.39, 0.29) is 0 Å². The fraction of sp³-hybridized carbons (Fsp3) is 0.333. The zero-order valence-corrected chi connectivity index (χ0v) is 5.20. The lowest BCUT2D eigenvalue weighted by Crippen LogP contribution is -1.80. The summed E-state index contributed by atoms with van der Waals surface area (Å²) in [7, 11) is 0. The second-order valence-electron chi connectivity index (χ2n) is 1.60. The van der Waals surface area contributed by atoms with Crippen LogP contribution >= 0.6 is 0 Å². The van der Waals surface area contributed by atoms with Crippen LogP contribution in [0.2, 0.25) is 0 Å². The SMILES string of the molecule is CCC1=C=NN=CN=C1. The number of hydrogen-bond acceptors (Lipinski definition) is 3. The highest BCUT2D eigenvalue weighted by atomic mass is 15.2. The van der Waals surface area contributed by atoms with Gasteiger partial charge in [-0.25, -0.2) is 4.99 Å². The van der Waals surface area contributed by atoms with Gasteiger partial charge in [0.25, 0.3) is 0 Å². The number of aliphatic imine (C=N–C) groups is 1. The molecule has 0 saturated carbocycles. The maximum atomic E-state index is 3.81. The second-order valence-corrected chi connectivity index (χ2v) is 1.60. The van der Waals surface area contributed by atoms with Gasteiger partial charge in [0.05, 0.1) is 0 Å². The summed E-state index contributed by atoms with van der Waals surface area (Å²) in [5, 5.41) is 7.12. The normalized spacial score (nSPS) is 15.4. The van der Waals surface area contributed by atoms with E-state index in [1.807, 2.05) is 6.92 Å². The fourth-order valence-electron chi connectivity index (χ4n) is 0.471. The van der Waals surface area contributed by atoms with Crippen LogP contribution in [-0.4, -0.2) is 18.4 Å². The van der Waals surface area contributed by atoms with Crippen LogP contribution in [0, 0.1) is 0 Å². The van der Waals surface area contributed by atoms with Crippen molar-refractivity contribution in [2.24, 2.45) is 15.2 Å². The van der Waals surface area contributed by atoms with Gasteiger partial charge in [-0.2, -0.15) is 0 Å². The molecule has 0 bridgehead atoms. The van der Waals surface area contributed by atoms with Crippen molar-refractivity contribution in [3.8, 4) is 0 Å². The minimum atomic E-state index is 0.899. The summed E-state index contributed by atoms with van der Waals surface area (Å²) >= 11 is 0. The molecule has 0 aromatic carbocycles. The standard InChI is InChI=1S/C6H7N3/c1-2-6-3-7-5-9-8-4-6/h3,5H,2H2,1H3. The van der Waals surface area contributed by atoms with Gasteiger partial charge in [0.15, 0.2) is 0 Å². The Labute approximate surface area is 53.5 Å². The van der Waals surface area contributed by atoms with Crippen molar-refractivity contribution in [2.75, 3.05) is 0 Å². The summed E-state index contributed by atoms with van der Waals surface area (Å²) in [5.41, 5.74) is 0.979. The topological polar surface area (TPSA) is 37.1 Å². The predicted octanol–water partition coefficient (Wildman–Crippen LogP) is 1.02. The van der Waals surface area contributed by atoms with Crippen LogP contribution in [0.1, 0.15) is 13.3 Å². The highest BCUT2D eigenvalue weighted by Crippen LogP contribution is 1.91. The number of nitrogens with zero attached hydrogens (tertiary/aromatic N) is 3. The van der Waals surface area contributed by atoms with Gasteiger partial charge in [0.2, 0.25) is 0 Å². The molecule has 0 atom stereocenters. The number of rotatable bonds is 1. The molecule has 3 heteroatoms. The van der Waals surface area contributed by atoms with Crippen LogP contribution in [0.5, 0.6) is 0 Å². The van der Waals surface area contributed by atoms with Crippen molar-refractivity contribution in [1.29, 1.82) is 0 Å². The average molecular weight is 121 g/mol. The van der Waals surface area contributed by atoms with E-state index in [1.165, 1.54) is 6.34 Å². The van der Waals surface area contributed by atoms with Gasteiger partial charge in [-0.3, -0.25) is 0 Å². The second kappa shape index (κ2) is 2.95. The molecule has 0 unspecified atom stereocenters. The third-order valence-electron chi connectivity index (χ3n) is 0.981. The molecule has 1 rings (SSSR count). The van der Waals surface area contributed by atoms with E-state index < -0.39 is 0 Å². The highest BCUT2D eigenvalue weighted by molar-refractivity contribution is 5.94. The van der Waals surface area contributed by atoms with E-state index in [2.05, 4.69) is 21.1 Å². The van der Waals surface area contributed by atoms with Crippen LogP contribution in [0.15, 0.2) is 20.8 Å². The average Bonchev–Trinajstić information content (AvgIpc) is 2.13. The maximum absolute atomic E-state index is 3.81. The van der Waals surface area contributed by atoms with E-state index in [9.17, 15) is 0 Å². The Hall–Kier alpha value is -1.21. The molecule has 9 heavy (non-hydrogen) atoms. The zero-order valence-electron chi connectivity index (χ0n) is 5.20. The summed E-state index contributed by atoms with van der Waals surface area (Å²) < 4.78 is 0. The van der Waals surface area contributed by atoms with Crippen molar-refractivity contribution in [1.82, 2.24) is 0 Å². The molecule has 1 heterocycles. The Kier molecular flexibility index (Phi) is 1.94. The Morgan fingerprint density at radius 1 is 1.67 bits per heavy atom. The van der Waals surface area contributed by atoms with Crippen molar-refractivity contribution < 1.29 is 0 Å². The van der Waals surface area contributed by atoms with E-state index >= 15 is 0 Å². The first-order chi connectivity index (χ1) is 4.43. The molecule has 1 aliphatic heterocycles. The molecular weight excluding hydrogens is 114 g/mol. The van der Waals surface area contributed by atoms with Crippen molar-refractivity contribution in [3.63, 3.8) is 0 Å². The summed E-state index contributed by atoms with van der Waals surface area (Å²) in [6, 6.07) is 0. The summed E-state index contributed by atoms with van der Waals surface area (Å²) in [6.07, 6.45) is 4.01. The molecule has 3 nitrogen and oxygen atoms in total. The van der Waals surface area contributed by atoms with Gasteiger partial charge in [0.1, 0.15) is 6.34 Å². The maximum Gasteiger partial charge on any atom is 0.138 e. The monoisotopic (exact) mass is 121 g/mol. The minimum absolute atomic E-state index is 0.899. The largest absolute Gasteiger partial charge is 0.242 e. The van der Waals surface area contributed by atoms with Crippen LogP contribution in [-0.2, 0) is 0 Å². The zero-order chi connectivity index (χ0) is 6.53. The summed E-state index contributed by atoms with van der Waals surface area (Å²) in [4.78, 5) is 3.81. The minimum Gasteiger partial charge on any atom is -0.242 e. The number of hydrogen-bond donors (Lipinski definition) is 0. The van der Waals surface area contributed by atoms with Gasteiger partial charge in [0, 0.05) is 17.7 Å². The van der Waals surface area contributed by atoms with Gasteiger partial charge >= 0.3 is 0 Å². The van der Waals surface area contributed by atoms with Crippen molar-refractivity contribution in [2.45, 2.75) is 13.3 Å². The van der Waals surface area contributed by atoms with E-state index in [0.29, 0.717) is 0 Å². The number of allylic oxidation sites excluding steroid dienone is 1. The van der Waals surface area contributed by atoms with Gasteiger partial charge in [-0.05, 0) is 6.42 Å². The lowest BCUT2D eigenvalue weighted by Gasteiger charge is -1.82. The fourth-order valence-corrected chi connectivity index (χ4v) is 0.471. The van der Waals surface area contributed by atoms with Gasteiger partial charge in [-0.15, -0.1) is 10.2 Å². The van der Waals surface area contributed by atoms with Crippen LogP contribution in [0.25, 0.3) is 0 Å². The van der Waals surface area contributed by atoms with E-state index in [4.69, 9.17) is 0 Å². The first-order valence-electron chi connectivity index (χ1n) is 2.80. The third-order valence-corrected chi connectivity index (χ3v) is 0.981. The van der Waals surface area contributed by atoms with Crippen molar-refractivity contribution >= 4 is 18.4 Å². The Morgan fingerprint density at radius 3 is 3.33 bits per heavy atom. The molecule has 0 N–H and O–H groups in total. The molecule has 0 amide bonds. The molecule has 0 saturated heterocycles. The van der Waals surface area contributed by atoms with Crippen LogP contribution < -0.4 is 0 Å². The molecule has 0 aliphatic carbocycles. The van der Waals surface area contributed by atoms with Crippen molar-refractivity contribution in [3.05, 3.63) is 5.57 Å². The Balaban J connectivity index is 2.84. The predicted molar refractivity (Wildman–Crippen MR) is 38.2 cm³/mol. The molecule has 0 aromatic rings. The molecule has 1 aliphatic rings. The highest BCUT2D eigenvalue weighted by Gasteiger charge is 1.86. The Bertz CT molecular complexity index is 206. The summed E-state index contributed by atoms with van der Waals surface area (Å²) in [6.45, 7) is 2.02. The quantitative estimate of drug-likeness (QED) is 0.496. The first kappa shape index (κ1) is 5.92. The molecule has 0 aromatic heterocycles. The third kappa shape index (κ3) is 1.63. The molecular formula is C6H7N3. The lowest BCUT2D eigenvalue weighted by molar-refractivity contribution is 1.19. The van der Waals surface area contributed by atoms with Crippen LogP contribution in [0.4, 0.5) is 0 Å². The van der Waals surface area contributed by atoms with Gasteiger partial charge < -0.3 is 0 Å². The first-order valence-corrected chi connectivity index (χ1v) is 2.80.